The number of aliphatic hydroxyl groups is 1. The van der Waals surface area contributed by atoms with Crippen LogP contribution in [0.1, 0.15) is 18.9 Å². The SMILES string of the molecule is CCC(CO)NC(=O)Nc1cc(C)cc2cccnc12. The molecule has 0 saturated carbocycles. The van der Waals surface area contributed by atoms with Gasteiger partial charge in [0.2, 0.25) is 0 Å². The van der Waals surface area contributed by atoms with Gasteiger partial charge in [-0.15, -0.1) is 0 Å². The molecule has 2 rings (SSSR count). The molecule has 5 heteroatoms. The van der Waals surface area contributed by atoms with E-state index < -0.39 is 0 Å². The molecule has 2 aromatic rings. The third kappa shape index (κ3) is 3.24. The summed E-state index contributed by atoms with van der Waals surface area (Å²) in [5.41, 5.74) is 2.48. The summed E-state index contributed by atoms with van der Waals surface area (Å²) < 4.78 is 0. The number of rotatable bonds is 4. The molecule has 1 aromatic carbocycles. The smallest absolute Gasteiger partial charge is 0.319 e. The van der Waals surface area contributed by atoms with E-state index in [1.165, 1.54) is 0 Å². The summed E-state index contributed by atoms with van der Waals surface area (Å²) in [5.74, 6) is 0. The van der Waals surface area contributed by atoms with Gasteiger partial charge in [0.15, 0.2) is 0 Å². The number of benzene rings is 1. The molecule has 1 aromatic heterocycles. The second-order valence-electron chi connectivity index (χ2n) is 4.77. The Bertz CT molecular complexity index is 609. The van der Waals surface area contributed by atoms with Crippen LogP contribution in [0.15, 0.2) is 30.5 Å². The van der Waals surface area contributed by atoms with Gasteiger partial charge < -0.3 is 15.7 Å². The van der Waals surface area contributed by atoms with E-state index in [2.05, 4.69) is 15.6 Å². The first kappa shape index (κ1) is 14.3. The molecular weight excluding hydrogens is 254 g/mol. The Kier molecular flexibility index (Phi) is 4.53. The summed E-state index contributed by atoms with van der Waals surface area (Å²) in [7, 11) is 0. The van der Waals surface area contributed by atoms with Crippen LogP contribution in [0.25, 0.3) is 10.9 Å². The monoisotopic (exact) mass is 273 g/mol. The molecule has 0 aliphatic rings. The summed E-state index contributed by atoms with van der Waals surface area (Å²) in [6.45, 7) is 3.81. The number of carbonyl (C=O) groups is 1. The molecule has 1 heterocycles. The number of fused-ring (bicyclic) bond motifs is 1. The molecule has 0 saturated heterocycles. The predicted molar refractivity (Wildman–Crippen MR) is 79.8 cm³/mol. The lowest BCUT2D eigenvalue weighted by molar-refractivity contribution is 0.222. The normalized spacial score (nSPS) is 12.2. The molecule has 1 unspecified atom stereocenters. The lowest BCUT2D eigenvalue weighted by Gasteiger charge is -2.15. The predicted octanol–water partition coefficient (Wildman–Crippen LogP) is 2.44. The van der Waals surface area contributed by atoms with E-state index in [1.807, 2.05) is 38.1 Å². The maximum Gasteiger partial charge on any atom is 0.319 e. The highest BCUT2D eigenvalue weighted by atomic mass is 16.3. The fraction of sp³-hybridized carbons (Fsp3) is 0.333. The largest absolute Gasteiger partial charge is 0.394 e. The number of pyridine rings is 1. The molecule has 0 aliphatic heterocycles. The van der Waals surface area contributed by atoms with Crippen LogP contribution in [-0.2, 0) is 0 Å². The Morgan fingerprint density at radius 3 is 2.95 bits per heavy atom. The van der Waals surface area contributed by atoms with E-state index in [0.717, 1.165) is 16.5 Å². The Labute approximate surface area is 118 Å². The zero-order valence-corrected chi connectivity index (χ0v) is 11.7. The van der Waals surface area contributed by atoms with Crippen molar-refractivity contribution in [2.75, 3.05) is 11.9 Å². The van der Waals surface area contributed by atoms with Crippen molar-refractivity contribution in [3.05, 3.63) is 36.0 Å². The topological polar surface area (TPSA) is 74.2 Å². The number of hydrogen-bond donors (Lipinski definition) is 3. The van der Waals surface area contributed by atoms with E-state index in [9.17, 15) is 4.79 Å². The Morgan fingerprint density at radius 2 is 2.25 bits per heavy atom. The van der Waals surface area contributed by atoms with Gasteiger partial charge in [-0.2, -0.15) is 0 Å². The first-order chi connectivity index (χ1) is 9.63. The van der Waals surface area contributed by atoms with Crippen LogP contribution < -0.4 is 10.6 Å². The van der Waals surface area contributed by atoms with E-state index in [4.69, 9.17) is 5.11 Å². The highest BCUT2D eigenvalue weighted by molar-refractivity contribution is 6.00. The van der Waals surface area contributed by atoms with Gasteiger partial charge in [0.05, 0.1) is 23.9 Å². The minimum absolute atomic E-state index is 0.0727. The van der Waals surface area contributed by atoms with Crippen LogP contribution in [0.4, 0.5) is 10.5 Å². The van der Waals surface area contributed by atoms with E-state index in [0.29, 0.717) is 12.1 Å². The van der Waals surface area contributed by atoms with Gasteiger partial charge in [-0.25, -0.2) is 4.79 Å². The minimum Gasteiger partial charge on any atom is -0.394 e. The van der Waals surface area contributed by atoms with Crippen LogP contribution in [0.2, 0.25) is 0 Å². The van der Waals surface area contributed by atoms with Crippen molar-refractivity contribution in [1.82, 2.24) is 10.3 Å². The first-order valence-corrected chi connectivity index (χ1v) is 6.67. The molecule has 0 bridgehead atoms. The maximum atomic E-state index is 11.9. The van der Waals surface area contributed by atoms with Gasteiger partial charge in [0.1, 0.15) is 0 Å². The lowest BCUT2D eigenvalue weighted by atomic mass is 10.1. The molecule has 0 spiro atoms. The third-order valence-electron chi connectivity index (χ3n) is 3.15. The molecule has 20 heavy (non-hydrogen) atoms. The minimum atomic E-state index is -0.330. The second-order valence-corrected chi connectivity index (χ2v) is 4.77. The van der Waals surface area contributed by atoms with Gasteiger partial charge in [0, 0.05) is 11.6 Å². The maximum absolute atomic E-state index is 11.9. The van der Waals surface area contributed by atoms with Crippen LogP contribution in [0.5, 0.6) is 0 Å². The van der Waals surface area contributed by atoms with Crippen molar-refractivity contribution in [3.8, 4) is 0 Å². The molecule has 3 N–H and O–H groups in total. The molecule has 0 aliphatic carbocycles. The van der Waals surface area contributed by atoms with Crippen LogP contribution in [0.3, 0.4) is 0 Å². The molecule has 0 fully saturated rings. The fourth-order valence-electron chi connectivity index (χ4n) is 2.06. The molecule has 1 atom stereocenters. The standard InChI is InChI=1S/C15H19N3O2/c1-3-12(9-19)17-15(20)18-13-8-10(2)7-11-5-4-6-16-14(11)13/h4-8,12,19H,3,9H2,1-2H3,(H2,17,18,20). The molecular formula is C15H19N3O2. The number of nitrogens with one attached hydrogen (secondary N) is 2. The molecule has 106 valence electrons. The van der Waals surface area contributed by atoms with Crippen molar-refractivity contribution in [2.45, 2.75) is 26.3 Å². The van der Waals surface area contributed by atoms with Crippen molar-refractivity contribution in [3.63, 3.8) is 0 Å². The number of urea groups is 1. The van der Waals surface area contributed by atoms with Gasteiger partial charge in [-0.05, 0) is 37.1 Å². The van der Waals surface area contributed by atoms with E-state index in [1.54, 1.807) is 6.20 Å². The van der Waals surface area contributed by atoms with Gasteiger partial charge in [-0.1, -0.05) is 13.0 Å². The summed E-state index contributed by atoms with van der Waals surface area (Å²) in [6.07, 6.45) is 2.38. The quantitative estimate of drug-likeness (QED) is 0.801. The molecule has 2 amide bonds. The highest BCUT2D eigenvalue weighted by Crippen LogP contribution is 2.23. The number of anilines is 1. The number of amides is 2. The zero-order chi connectivity index (χ0) is 14.5. The van der Waals surface area contributed by atoms with E-state index in [-0.39, 0.29) is 18.7 Å². The van der Waals surface area contributed by atoms with Crippen molar-refractivity contribution >= 4 is 22.6 Å². The van der Waals surface area contributed by atoms with Crippen molar-refractivity contribution in [1.29, 1.82) is 0 Å². The average molecular weight is 273 g/mol. The average Bonchev–Trinajstić information content (AvgIpc) is 2.44. The second kappa shape index (κ2) is 6.34. The zero-order valence-electron chi connectivity index (χ0n) is 11.7. The summed E-state index contributed by atoms with van der Waals surface area (Å²) in [4.78, 5) is 16.2. The number of aromatic nitrogens is 1. The summed E-state index contributed by atoms with van der Waals surface area (Å²) in [6, 6.07) is 7.16. The van der Waals surface area contributed by atoms with Crippen LogP contribution in [0, 0.1) is 6.92 Å². The van der Waals surface area contributed by atoms with Gasteiger partial charge >= 0.3 is 6.03 Å². The Balaban J connectivity index is 2.23. The third-order valence-corrected chi connectivity index (χ3v) is 3.15. The number of aliphatic hydroxyl groups excluding tert-OH is 1. The first-order valence-electron chi connectivity index (χ1n) is 6.67. The van der Waals surface area contributed by atoms with Crippen LogP contribution in [-0.4, -0.2) is 28.8 Å². The van der Waals surface area contributed by atoms with Crippen molar-refractivity contribution < 1.29 is 9.90 Å². The number of hydrogen-bond acceptors (Lipinski definition) is 3. The molecule has 5 nitrogen and oxygen atoms in total. The Hall–Kier alpha value is -2.14. The molecule has 0 radical (unpaired) electrons. The number of carbonyl (C=O) groups excluding carboxylic acids is 1. The van der Waals surface area contributed by atoms with Gasteiger partial charge in [-0.3, -0.25) is 4.98 Å². The van der Waals surface area contributed by atoms with E-state index >= 15 is 0 Å². The number of nitrogens with zero attached hydrogens (tertiary/aromatic N) is 1. The van der Waals surface area contributed by atoms with Crippen LogP contribution >= 0.6 is 0 Å². The summed E-state index contributed by atoms with van der Waals surface area (Å²) >= 11 is 0. The summed E-state index contributed by atoms with van der Waals surface area (Å²) in [5, 5.41) is 15.6. The Morgan fingerprint density at radius 1 is 1.45 bits per heavy atom. The highest BCUT2D eigenvalue weighted by Gasteiger charge is 2.11. The lowest BCUT2D eigenvalue weighted by Crippen LogP contribution is -2.39. The fourth-order valence-corrected chi connectivity index (χ4v) is 2.06. The van der Waals surface area contributed by atoms with Crippen molar-refractivity contribution in [2.24, 2.45) is 0 Å². The van der Waals surface area contributed by atoms with Gasteiger partial charge in [0.25, 0.3) is 0 Å². The number of aryl methyl sites for hydroxylation is 1.